The minimum atomic E-state index is -1.41. The number of fused-ring (bicyclic) bond motifs is 4. The van der Waals surface area contributed by atoms with Gasteiger partial charge in [0.05, 0.1) is 11.8 Å². The van der Waals surface area contributed by atoms with Gasteiger partial charge in [-0.05, 0) is 31.4 Å². The van der Waals surface area contributed by atoms with Gasteiger partial charge in [-0.25, -0.2) is 0 Å². The second kappa shape index (κ2) is 7.52. The molecule has 0 aromatic heterocycles. The molecule has 2 aromatic carbocycles. The largest absolute Gasteiger partial charge is 0.370 e. The summed E-state index contributed by atoms with van der Waals surface area (Å²) >= 11 is 0. The minimum absolute atomic E-state index is 0.137. The van der Waals surface area contributed by atoms with E-state index < -0.39 is 29.3 Å². The van der Waals surface area contributed by atoms with E-state index in [1.807, 2.05) is 56.3 Å². The maximum Gasteiger partial charge on any atom is 0.250 e. The Bertz CT molecular complexity index is 1190. The van der Waals surface area contributed by atoms with Crippen molar-refractivity contribution in [2.45, 2.75) is 38.3 Å². The zero-order valence-electron chi connectivity index (χ0n) is 18.6. The molecule has 0 aliphatic carbocycles. The molecule has 0 radical (unpaired) electrons. The Morgan fingerprint density at radius 2 is 1.82 bits per heavy atom. The monoisotopic (exact) mass is 446 g/mol. The van der Waals surface area contributed by atoms with Crippen molar-refractivity contribution in [2.75, 3.05) is 11.9 Å². The molecule has 3 heterocycles. The Labute approximate surface area is 191 Å². The van der Waals surface area contributed by atoms with Crippen LogP contribution in [0.15, 0.2) is 42.5 Å². The van der Waals surface area contributed by atoms with Crippen LogP contribution in [0.1, 0.15) is 28.7 Å². The van der Waals surface area contributed by atoms with Crippen LogP contribution in [-0.4, -0.2) is 41.1 Å². The second-order valence-electron chi connectivity index (χ2n) is 9.25. The van der Waals surface area contributed by atoms with Crippen LogP contribution in [0.2, 0.25) is 0 Å². The van der Waals surface area contributed by atoms with Gasteiger partial charge < -0.3 is 11.1 Å². The first-order valence-electron chi connectivity index (χ1n) is 11.1. The van der Waals surface area contributed by atoms with Crippen LogP contribution in [0.5, 0.6) is 0 Å². The molecule has 0 saturated carbocycles. The first-order chi connectivity index (χ1) is 15.7. The molecule has 170 valence electrons. The molecule has 8 heteroatoms. The van der Waals surface area contributed by atoms with E-state index in [1.54, 1.807) is 0 Å². The third kappa shape index (κ3) is 3.08. The number of hydrogen-bond donors (Lipinski definition) is 3. The van der Waals surface area contributed by atoms with E-state index >= 15 is 0 Å². The molecular weight excluding hydrogens is 420 g/mol. The van der Waals surface area contributed by atoms with Crippen molar-refractivity contribution in [3.8, 4) is 0 Å². The van der Waals surface area contributed by atoms with Crippen LogP contribution in [-0.2, 0) is 31.1 Å². The predicted octanol–water partition coefficient (Wildman–Crippen LogP) is 1.14. The summed E-state index contributed by atoms with van der Waals surface area (Å²) in [5.74, 6) is -3.49. The van der Waals surface area contributed by atoms with Gasteiger partial charge in [0.2, 0.25) is 23.6 Å². The number of imide groups is 1. The molecule has 4 atom stereocenters. The maximum atomic E-state index is 13.7. The zero-order chi connectivity index (χ0) is 23.5. The topological polar surface area (TPSA) is 122 Å². The molecule has 2 saturated heterocycles. The Morgan fingerprint density at radius 1 is 1.09 bits per heavy atom. The van der Waals surface area contributed by atoms with E-state index in [9.17, 15) is 19.2 Å². The molecule has 0 unspecified atom stereocenters. The highest BCUT2D eigenvalue weighted by Crippen LogP contribution is 2.54. The molecule has 3 aliphatic rings. The zero-order valence-corrected chi connectivity index (χ0v) is 18.6. The average molecular weight is 447 g/mol. The van der Waals surface area contributed by atoms with Crippen molar-refractivity contribution < 1.29 is 19.2 Å². The molecule has 0 bridgehead atoms. The Hall–Kier alpha value is -3.52. The van der Waals surface area contributed by atoms with Gasteiger partial charge >= 0.3 is 0 Å². The summed E-state index contributed by atoms with van der Waals surface area (Å²) in [6, 6.07) is 12.7. The molecule has 2 aromatic rings. The number of hydrogen-bond acceptors (Lipinski definition) is 5. The lowest BCUT2D eigenvalue weighted by Crippen LogP contribution is -2.53. The number of nitrogens with two attached hydrogens (primary N) is 1. The van der Waals surface area contributed by atoms with Crippen LogP contribution < -0.4 is 16.4 Å². The van der Waals surface area contributed by atoms with E-state index in [2.05, 4.69) is 10.6 Å². The van der Waals surface area contributed by atoms with Crippen molar-refractivity contribution in [3.05, 3.63) is 64.7 Å². The Balaban J connectivity index is 1.57. The molecule has 4 amide bonds. The van der Waals surface area contributed by atoms with Crippen molar-refractivity contribution in [2.24, 2.45) is 17.6 Å². The van der Waals surface area contributed by atoms with Gasteiger partial charge in [0.25, 0.3) is 0 Å². The number of carbonyl (C=O) groups is 4. The number of primary amides is 1. The highest BCUT2D eigenvalue weighted by molar-refractivity contribution is 6.15. The number of anilines is 1. The number of aryl methyl sites for hydroxylation is 2. The first-order valence-corrected chi connectivity index (χ1v) is 11.1. The van der Waals surface area contributed by atoms with Crippen molar-refractivity contribution in [1.82, 2.24) is 10.2 Å². The lowest BCUT2D eigenvalue weighted by molar-refractivity contribution is -0.142. The minimum Gasteiger partial charge on any atom is -0.370 e. The average Bonchev–Trinajstić information content (AvgIpc) is 3.33. The standard InChI is InChI=1S/C25H26N4O4/c1-13-10-14(2)21-16(11-13)25(24(33)27-21)20-19(17(28-25)12-18(26)30)22(31)29(23(20)32)9-8-15-6-4-3-5-7-15/h3-7,10-11,17,19-20,28H,8-9,12H2,1-2H3,(H2,26,30)(H,27,33)/t17-,19+,20+,25-/m0/s1. The van der Waals surface area contributed by atoms with Crippen LogP contribution in [0.25, 0.3) is 0 Å². The van der Waals surface area contributed by atoms with E-state index in [4.69, 9.17) is 5.73 Å². The molecular formula is C25H26N4O4. The predicted molar refractivity (Wildman–Crippen MR) is 121 cm³/mol. The number of nitrogens with one attached hydrogen (secondary N) is 2. The van der Waals surface area contributed by atoms with E-state index in [1.165, 1.54) is 4.90 Å². The molecule has 4 N–H and O–H groups in total. The maximum absolute atomic E-state index is 13.7. The number of nitrogens with zero attached hydrogens (tertiary/aromatic N) is 1. The third-order valence-electron chi connectivity index (χ3n) is 7.14. The van der Waals surface area contributed by atoms with Crippen LogP contribution in [0, 0.1) is 25.7 Å². The number of likely N-dealkylation sites (tertiary alicyclic amines) is 1. The van der Waals surface area contributed by atoms with Crippen LogP contribution in [0.3, 0.4) is 0 Å². The van der Waals surface area contributed by atoms with Crippen molar-refractivity contribution >= 4 is 29.3 Å². The summed E-state index contributed by atoms with van der Waals surface area (Å²) < 4.78 is 0. The summed E-state index contributed by atoms with van der Waals surface area (Å²) in [5, 5.41) is 6.15. The number of carbonyl (C=O) groups excluding carboxylic acids is 4. The molecule has 5 rings (SSSR count). The summed E-state index contributed by atoms with van der Waals surface area (Å²) in [6.07, 6.45) is 0.377. The third-order valence-corrected chi connectivity index (χ3v) is 7.14. The second-order valence-corrected chi connectivity index (χ2v) is 9.25. The number of rotatable bonds is 5. The van der Waals surface area contributed by atoms with E-state index in [-0.39, 0.29) is 30.7 Å². The van der Waals surface area contributed by atoms with Gasteiger partial charge in [-0.1, -0.05) is 48.0 Å². The van der Waals surface area contributed by atoms with E-state index in [0.29, 0.717) is 17.7 Å². The fourth-order valence-electron chi connectivity index (χ4n) is 5.82. The molecule has 2 fully saturated rings. The summed E-state index contributed by atoms with van der Waals surface area (Å²) in [7, 11) is 0. The van der Waals surface area contributed by atoms with E-state index in [0.717, 1.165) is 16.7 Å². The molecule has 3 aliphatic heterocycles. The summed E-state index contributed by atoms with van der Waals surface area (Å²) in [6.45, 7) is 4.03. The van der Waals surface area contributed by atoms with Gasteiger partial charge in [-0.15, -0.1) is 0 Å². The normalized spacial score (nSPS) is 27.8. The van der Waals surface area contributed by atoms with Crippen LogP contribution in [0.4, 0.5) is 5.69 Å². The van der Waals surface area contributed by atoms with Gasteiger partial charge in [0, 0.05) is 30.3 Å². The molecule has 8 nitrogen and oxygen atoms in total. The number of amides is 4. The first kappa shape index (κ1) is 21.3. The van der Waals surface area contributed by atoms with Crippen molar-refractivity contribution in [3.63, 3.8) is 0 Å². The van der Waals surface area contributed by atoms with Gasteiger partial charge in [0.15, 0.2) is 0 Å². The summed E-state index contributed by atoms with van der Waals surface area (Å²) in [4.78, 5) is 53.7. The lowest BCUT2D eigenvalue weighted by Gasteiger charge is -2.29. The molecule has 1 spiro atoms. The highest BCUT2D eigenvalue weighted by Gasteiger charge is 2.70. The SMILES string of the molecule is Cc1cc(C)c2c(c1)[C@@]1(N[C@@H](CC(N)=O)[C@H]3C(=O)N(CCc4ccccc4)C(=O)[C@@H]31)C(=O)N2. The fourth-order valence-corrected chi connectivity index (χ4v) is 5.82. The quantitative estimate of drug-likeness (QED) is 0.595. The lowest BCUT2D eigenvalue weighted by atomic mass is 9.76. The fraction of sp³-hybridized carbons (Fsp3) is 0.360. The summed E-state index contributed by atoms with van der Waals surface area (Å²) in [5.41, 5.74) is 8.20. The smallest absolute Gasteiger partial charge is 0.250 e. The molecule has 33 heavy (non-hydrogen) atoms. The van der Waals surface area contributed by atoms with Crippen molar-refractivity contribution in [1.29, 1.82) is 0 Å². The van der Waals surface area contributed by atoms with Gasteiger partial charge in [-0.3, -0.25) is 29.4 Å². The Kier molecular flexibility index (Phi) is 4.86. The van der Waals surface area contributed by atoms with Gasteiger partial charge in [0.1, 0.15) is 5.54 Å². The highest BCUT2D eigenvalue weighted by atomic mass is 16.2. The Morgan fingerprint density at radius 3 is 2.52 bits per heavy atom. The number of benzene rings is 2. The van der Waals surface area contributed by atoms with Crippen LogP contribution >= 0.6 is 0 Å². The van der Waals surface area contributed by atoms with Gasteiger partial charge in [-0.2, -0.15) is 0 Å².